The summed E-state index contributed by atoms with van der Waals surface area (Å²) in [5.74, 6) is -0.0197. The predicted octanol–water partition coefficient (Wildman–Crippen LogP) is 3.63. The summed E-state index contributed by atoms with van der Waals surface area (Å²) in [6.07, 6.45) is 2.88. The van der Waals surface area contributed by atoms with E-state index in [1.165, 1.54) is 12.4 Å². The van der Waals surface area contributed by atoms with Crippen LogP contribution < -0.4 is 5.32 Å². The molecule has 190 valence electrons. The van der Waals surface area contributed by atoms with Gasteiger partial charge in [-0.25, -0.2) is 35.9 Å². The van der Waals surface area contributed by atoms with E-state index in [1.807, 2.05) is 18.2 Å². The zero-order chi connectivity index (χ0) is 25.6. The summed E-state index contributed by atoms with van der Waals surface area (Å²) < 4.78 is 54.9. The van der Waals surface area contributed by atoms with Crippen molar-refractivity contribution in [1.29, 1.82) is 0 Å². The fourth-order valence-corrected chi connectivity index (χ4v) is 6.18. The van der Waals surface area contributed by atoms with Gasteiger partial charge in [-0.05, 0) is 31.0 Å². The van der Waals surface area contributed by atoms with Gasteiger partial charge in [0.05, 0.1) is 23.2 Å². The fourth-order valence-electron chi connectivity index (χ4n) is 4.89. The molecule has 5 rings (SSSR count). The minimum absolute atomic E-state index is 0.0868. The Morgan fingerprint density at radius 1 is 1.14 bits per heavy atom. The highest BCUT2D eigenvalue weighted by atomic mass is 32.2. The quantitative estimate of drug-likeness (QED) is 0.422. The van der Waals surface area contributed by atoms with E-state index in [9.17, 15) is 22.0 Å². The lowest BCUT2D eigenvalue weighted by Crippen LogP contribution is -2.40. The average molecular weight is 517 g/mol. The van der Waals surface area contributed by atoms with Gasteiger partial charge < -0.3 is 10.2 Å². The summed E-state index contributed by atoms with van der Waals surface area (Å²) in [7, 11) is -3.87. The number of hydrogen-bond donors (Lipinski definition) is 1. The van der Waals surface area contributed by atoms with Gasteiger partial charge in [0, 0.05) is 37.1 Å². The molecule has 1 N–H and O–H groups in total. The molecule has 2 amide bonds. The molecule has 12 heteroatoms. The van der Waals surface area contributed by atoms with Gasteiger partial charge in [-0.3, -0.25) is 4.40 Å². The molecule has 0 saturated carbocycles. The number of aryl methyl sites for hydroxylation is 1. The molecule has 36 heavy (non-hydrogen) atoms. The summed E-state index contributed by atoms with van der Waals surface area (Å²) in [6.45, 7) is 3.98. The molecule has 1 aliphatic heterocycles. The first-order chi connectivity index (χ1) is 17.2. The summed E-state index contributed by atoms with van der Waals surface area (Å²) in [6, 6.07) is 7.78. The smallest absolute Gasteiger partial charge is 0.317 e. The van der Waals surface area contributed by atoms with Gasteiger partial charge in [-0.15, -0.1) is 0 Å². The predicted molar refractivity (Wildman–Crippen MR) is 130 cm³/mol. The first-order valence-corrected chi connectivity index (χ1v) is 13.1. The molecule has 0 aliphatic carbocycles. The fraction of sp³-hybridized carbons (Fsp3) is 0.375. The molecule has 1 aromatic carbocycles. The Hall–Kier alpha value is -3.54. The molecule has 4 heterocycles. The number of amides is 2. The lowest BCUT2D eigenvalue weighted by Gasteiger charge is -2.17. The second-order valence-corrected chi connectivity index (χ2v) is 10.8. The van der Waals surface area contributed by atoms with Crippen LogP contribution in [0.1, 0.15) is 30.5 Å². The van der Waals surface area contributed by atoms with E-state index in [1.54, 1.807) is 41.4 Å². The molecular formula is C24H26F2N6O3S. The van der Waals surface area contributed by atoms with E-state index in [-0.39, 0.29) is 22.4 Å². The number of fused-ring (bicyclic) bond motifs is 3. The number of nitrogens with one attached hydrogen (secondary N) is 1. The second-order valence-electron chi connectivity index (χ2n) is 9.03. The van der Waals surface area contributed by atoms with Crippen LogP contribution in [0.25, 0.3) is 16.8 Å². The number of alkyl halides is 2. The van der Waals surface area contributed by atoms with Crippen LogP contribution in [-0.4, -0.2) is 63.7 Å². The molecule has 0 bridgehead atoms. The van der Waals surface area contributed by atoms with E-state index in [0.717, 1.165) is 21.7 Å². The first-order valence-electron chi connectivity index (χ1n) is 11.7. The molecule has 0 radical (unpaired) electrons. The van der Waals surface area contributed by atoms with Crippen molar-refractivity contribution in [1.82, 2.24) is 28.6 Å². The number of likely N-dealkylation sites (tertiary alicyclic amines) is 1. The monoisotopic (exact) mass is 516 g/mol. The van der Waals surface area contributed by atoms with E-state index in [0.29, 0.717) is 24.3 Å². The number of urea groups is 1. The number of nitrogens with zero attached hydrogens (tertiary/aromatic N) is 5. The van der Waals surface area contributed by atoms with Crippen molar-refractivity contribution in [2.24, 2.45) is 5.92 Å². The zero-order valence-corrected chi connectivity index (χ0v) is 20.6. The van der Waals surface area contributed by atoms with Crippen LogP contribution in [0.3, 0.4) is 0 Å². The van der Waals surface area contributed by atoms with Gasteiger partial charge in [0.15, 0.2) is 11.3 Å². The topological polar surface area (TPSA) is 102 Å². The Bertz CT molecular complexity index is 1530. The Labute approximate surface area is 206 Å². The van der Waals surface area contributed by atoms with Crippen LogP contribution in [0.15, 0.2) is 53.8 Å². The number of halogens is 2. The Balaban J connectivity index is 1.54. The third-order valence-corrected chi connectivity index (χ3v) is 8.46. The average Bonchev–Trinajstić information content (AvgIpc) is 3.58. The summed E-state index contributed by atoms with van der Waals surface area (Å²) in [5, 5.41) is 2.27. The highest BCUT2D eigenvalue weighted by molar-refractivity contribution is 7.90. The van der Waals surface area contributed by atoms with Gasteiger partial charge in [-0.2, -0.15) is 0 Å². The minimum Gasteiger partial charge on any atom is -0.332 e. The van der Waals surface area contributed by atoms with Gasteiger partial charge in [0.1, 0.15) is 0 Å². The maximum atomic E-state index is 13.4. The van der Waals surface area contributed by atoms with Crippen molar-refractivity contribution in [3.8, 4) is 0 Å². The Kier molecular flexibility index (Phi) is 6.15. The van der Waals surface area contributed by atoms with Crippen LogP contribution in [0.2, 0.25) is 0 Å². The molecule has 1 fully saturated rings. The summed E-state index contributed by atoms with van der Waals surface area (Å²) in [4.78, 5) is 23.0. The number of benzene rings is 1. The third kappa shape index (κ3) is 4.08. The molecule has 2 atom stereocenters. The van der Waals surface area contributed by atoms with Crippen molar-refractivity contribution in [2.45, 2.75) is 37.5 Å². The van der Waals surface area contributed by atoms with E-state index in [2.05, 4.69) is 15.3 Å². The van der Waals surface area contributed by atoms with Gasteiger partial charge in [-0.1, -0.05) is 31.0 Å². The third-order valence-electron chi connectivity index (χ3n) is 6.78. The molecule has 1 saturated heterocycles. The Morgan fingerprint density at radius 3 is 2.58 bits per heavy atom. The van der Waals surface area contributed by atoms with Gasteiger partial charge >= 0.3 is 6.03 Å². The van der Waals surface area contributed by atoms with Crippen LogP contribution in [0, 0.1) is 12.8 Å². The number of carbonyl (C=O) groups excluding carboxylic acids is 1. The van der Waals surface area contributed by atoms with Crippen molar-refractivity contribution < 1.29 is 22.0 Å². The lowest BCUT2D eigenvalue weighted by molar-refractivity contribution is 0.141. The van der Waals surface area contributed by atoms with Crippen molar-refractivity contribution in [2.75, 3.05) is 19.6 Å². The van der Waals surface area contributed by atoms with Crippen molar-refractivity contribution in [3.05, 3.63) is 60.2 Å². The lowest BCUT2D eigenvalue weighted by atomic mass is 9.91. The standard InChI is InChI=1S/C24H26F2N6O3S/c1-3-16-13-30(24(33)29-11-21(25)26)14-18(16)20-10-27-22-12-28-23-19(32(20)22)8-9-31(23)36(34,35)17-6-4-15(2)5-7-17/h4-10,12,16,18,21H,3,11,13-14H2,1-2H3,(H,29,33). The minimum atomic E-state index is -3.87. The van der Waals surface area contributed by atoms with Crippen LogP contribution in [0.5, 0.6) is 0 Å². The maximum absolute atomic E-state index is 13.4. The van der Waals surface area contributed by atoms with E-state index < -0.39 is 29.0 Å². The second kappa shape index (κ2) is 9.16. The molecule has 2 unspecified atom stereocenters. The first kappa shape index (κ1) is 24.2. The molecule has 0 spiro atoms. The number of hydrogen-bond acceptors (Lipinski definition) is 5. The number of carbonyl (C=O) groups is 1. The van der Waals surface area contributed by atoms with Crippen molar-refractivity contribution >= 4 is 32.9 Å². The van der Waals surface area contributed by atoms with E-state index in [4.69, 9.17) is 0 Å². The van der Waals surface area contributed by atoms with Crippen LogP contribution in [0.4, 0.5) is 13.6 Å². The highest BCUT2D eigenvalue weighted by Gasteiger charge is 2.37. The number of aromatic nitrogens is 4. The zero-order valence-electron chi connectivity index (χ0n) is 19.8. The van der Waals surface area contributed by atoms with Crippen molar-refractivity contribution in [3.63, 3.8) is 0 Å². The number of imidazole rings is 1. The molecule has 3 aromatic heterocycles. The SMILES string of the molecule is CCC1CN(C(=O)NCC(F)F)CC1c1cnc2cnc3c(ccn3S(=O)(=O)c3ccc(C)cc3)n12. The molecule has 1 aliphatic rings. The highest BCUT2D eigenvalue weighted by Crippen LogP contribution is 2.36. The summed E-state index contributed by atoms with van der Waals surface area (Å²) in [5.41, 5.74) is 3.16. The van der Waals surface area contributed by atoms with Crippen LogP contribution in [-0.2, 0) is 10.0 Å². The van der Waals surface area contributed by atoms with Gasteiger partial charge in [0.2, 0.25) is 0 Å². The maximum Gasteiger partial charge on any atom is 0.317 e. The normalized spacial score (nSPS) is 18.5. The molecular weight excluding hydrogens is 490 g/mol. The van der Waals surface area contributed by atoms with Crippen LogP contribution >= 0.6 is 0 Å². The molecule has 4 aromatic rings. The number of rotatable bonds is 6. The van der Waals surface area contributed by atoms with E-state index >= 15 is 0 Å². The largest absolute Gasteiger partial charge is 0.332 e. The Morgan fingerprint density at radius 2 is 1.89 bits per heavy atom. The summed E-state index contributed by atoms with van der Waals surface area (Å²) >= 11 is 0. The van der Waals surface area contributed by atoms with Gasteiger partial charge in [0.25, 0.3) is 16.4 Å². The molecule has 9 nitrogen and oxygen atoms in total.